The first kappa shape index (κ1) is 21.2. The molecule has 1 aromatic heterocycles. The Kier molecular flexibility index (Phi) is 5.79. The number of nitrogens with zero attached hydrogens (tertiary/aromatic N) is 3. The lowest BCUT2D eigenvalue weighted by molar-refractivity contribution is -0.117. The van der Waals surface area contributed by atoms with Gasteiger partial charge < -0.3 is 14.2 Å². The molecule has 1 aliphatic heterocycles. The molecule has 0 spiro atoms. The summed E-state index contributed by atoms with van der Waals surface area (Å²) in [5, 5.41) is 4.33. The third-order valence-electron chi connectivity index (χ3n) is 5.48. The number of aromatic nitrogens is 2. The summed E-state index contributed by atoms with van der Waals surface area (Å²) in [5.74, 6) is 0.427. The molecule has 0 N–H and O–H groups in total. The van der Waals surface area contributed by atoms with Crippen molar-refractivity contribution in [1.82, 2.24) is 10.1 Å². The first-order valence-electron chi connectivity index (χ1n) is 10.4. The summed E-state index contributed by atoms with van der Waals surface area (Å²) in [7, 11) is 0. The number of hydrogen-bond donors (Lipinski definition) is 0. The Morgan fingerprint density at radius 1 is 1.09 bits per heavy atom. The van der Waals surface area contributed by atoms with Crippen LogP contribution in [-0.4, -0.2) is 22.6 Å². The lowest BCUT2D eigenvalue weighted by Gasteiger charge is -2.16. The van der Waals surface area contributed by atoms with Gasteiger partial charge in [0.15, 0.2) is 0 Å². The quantitative estimate of drug-likeness (QED) is 0.371. The van der Waals surface area contributed by atoms with Crippen LogP contribution in [0.15, 0.2) is 77.3 Å². The third kappa shape index (κ3) is 4.59. The minimum Gasteiger partial charge on any atom is -0.489 e. The normalized spacial score (nSPS) is 15.8. The van der Waals surface area contributed by atoms with Crippen molar-refractivity contribution in [3.05, 3.63) is 95.1 Å². The van der Waals surface area contributed by atoms with Crippen LogP contribution in [0.4, 0.5) is 10.1 Å². The van der Waals surface area contributed by atoms with E-state index in [1.165, 1.54) is 17.0 Å². The molecule has 1 fully saturated rings. The molecule has 0 bridgehead atoms. The molecule has 166 valence electrons. The Labute approximate surface area is 194 Å². The minimum atomic E-state index is -0.544. The van der Waals surface area contributed by atoms with Crippen LogP contribution in [-0.2, 0) is 11.4 Å². The number of ether oxygens (including phenoxy) is 1. The van der Waals surface area contributed by atoms with Crippen molar-refractivity contribution >= 4 is 23.2 Å². The zero-order chi connectivity index (χ0) is 22.8. The van der Waals surface area contributed by atoms with Gasteiger partial charge in [0.2, 0.25) is 17.6 Å². The van der Waals surface area contributed by atoms with Crippen molar-refractivity contribution < 1.29 is 18.4 Å². The second-order valence-corrected chi connectivity index (χ2v) is 8.19. The molecule has 3 aromatic carbocycles. The van der Waals surface area contributed by atoms with Crippen LogP contribution in [0.25, 0.3) is 11.4 Å². The number of carbonyl (C=O) groups excluding carboxylic acids is 1. The molecule has 4 aromatic rings. The molecular weight excluding hydrogens is 445 g/mol. The lowest BCUT2D eigenvalue weighted by Crippen LogP contribution is -2.25. The van der Waals surface area contributed by atoms with Gasteiger partial charge in [-0.2, -0.15) is 4.98 Å². The summed E-state index contributed by atoms with van der Waals surface area (Å²) in [6.45, 7) is 0.734. The Bertz CT molecular complexity index is 1280. The summed E-state index contributed by atoms with van der Waals surface area (Å²) in [5.41, 5.74) is 2.04. The monoisotopic (exact) mass is 463 g/mol. The van der Waals surface area contributed by atoms with E-state index in [0.29, 0.717) is 18.3 Å². The molecule has 0 saturated carbocycles. The molecule has 2 heterocycles. The van der Waals surface area contributed by atoms with Gasteiger partial charge in [0.05, 0.1) is 11.6 Å². The summed E-state index contributed by atoms with van der Waals surface area (Å²) in [6, 6.07) is 21.6. The molecule has 5 rings (SSSR count). The number of halogens is 2. The Morgan fingerprint density at radius 3 is 2.64 bits per heavy atom. The Balaban J connectivity index is 1.26. The maximum atomic E-state index is 14.3. The van der Waals surface area contributed by atoms with E-state index >= 15 is 0 Å². The van der Waals surface area contributed by atoms with Gasteiger partial charge in [-0.3, -0.25) is 4.79 Å². The average Bonchev–Trinajstić information content (AvgIpc) is 3.46. The Morgan fingerprint density at radius 2 is 1.88 bits per heavy atom. The molecule has 0 aliphatic carbocycles. The summed E-state index contributed by atoms with van der Waals surface area (Å²) < 4.78 is 25.5. The van der Waals surface area contributed by atoms with Crippen LogP contribution >= 0.6 is 11.6 Å². The fraction of sp³-hybridized carbons (Fsp3) is 0.160. The van der Waals surface area contributed by atoms with Gasteiger partial charge in [-0.1, -0.05) is 47.1 Å². The highest BCUT2D eigenvalue weighted by molar-refractivity contribution is 6.30. The van der Waals surface area contributed by atoms with Crippen LogP contribution < -0.4 is 9.64 Å². The van der Waals surface area contributed by atoms with Gasteiger partial charge in [0.25, 0.3) is 0 Å². The smallest absolute Gasteiger partial charge is 0.232 e. The van der Waals surface area contributed by atoms with Crippen LogP contribution in [0, 0.1) is 5.82 Å². The number of amides is 1. The average molecular weight is 464 g/mol. The molecule has 1 unspecified atom stereocenters. The first-order valence-corrected chi connectivity index (χ1v) is 10.8. The fourth-order valence-corrected chi connectivity index (χ4v) is 3.92. The largest absolute Gasteiger partial charge is 0.489 e. The van der Waals surface area contributed by atoms with Crippen LogP contribution in [0.5, 0.6) is 5.75 Å². The van der Waals surface area contributed by atoms with Crippen molar-refractivity contribution in [3.63, 3.8) is 0 Å². The zero-order valence-electron chi connectivity index (χ0n) is 17.4. The van der Waals surface area contributed by atoms with E-state index in [0.717, 1.165) is 16.9 Å². The highest BCUT2D eigenvalue weighted by Crippen LogP contribution is 2.34. The van der Waals surface area contributed by atoms with E-state index in [2.05, 4.69) is 10.1 Å². The highest BCUT2D eigenvalue weighted by Gasteiger charge is 2.36. The number of benzene rings is 3. The van der Waals surface area contributed by atoms with Crippen LogP contribution in [0.3, 0.4) is 0 Å². The van der Waals surface area contributed by atoms with Crippen molar-refractivity contribution in [3.8, 4) is 17.1 Å². The van der Waals surface area contributed by atoms with Crippen molar-refractivity contribution in [2.45, 2.75) is 18.9 Å². The molecule has 1 saturated heterocycles. The number of rotatable bonds is 6. The topological polar surface area (TPSA) is 68.5 Å². The molecule has 33 heavy (non-hydrogen) atoms. The summed E-state index contributed by atoms with van der Waals surface area (Å²) in [6.07, 6.45) is 0.163. The maximum absolute atomic E-state index is 14.3. The molecule has 0 radical (unpaired) electrons. The predicted molar refractivity (Wildman–Crippen MR) is 122 cm³/mol. The van der Waals surface area contributed by atoms with Crippen molar-refractivity contribution in [1.29, 1.82) is 0 Å². The summed E-state index contributed by atoms with van der Waals surface area (Å²) >= 11 is 5.82. The molecular formula is C25H19ClFN3O3. The van der Waals surface area contributed by atoms with E-state index < -0.39 is 5.82 Å². The van der Waals surface area contributed by atoms with E-state index in [-0.39, 0.29) is 35.5 Å². The Hall–Kier alpha value is -3.71. The van der Waals surface area contributed by atoms with E-state index in [4.69, 9.17) is 20.9 Å². The number of hydrogen-bond acceptors (Lipinski definition) is 5. The van der Waals surface area contributed by atoms with Gasteiger partial charge >= 0.3 is 0 Å². The third-order valence-corrected chi connectivity index (χ3v) is 5.71. The van der Waals surface area contributed by atoms with Crippen LogP contribution in [0.1, 0.15) is 23.8 Å². The van der Waals surface area contributed by atoms with Gasteiger partial charge in [0.1, 0.15) is 18.2 Å². The van der Waals surface area contributed by atoms with Crippen molar-refractivity contribution in [2.75, 3.05) is 11.4 Å². The molecule has 1 amide bonds. The van der Waals surface area contributed by atoms with E-state index in [1.54, 1.807) is 6.07 Å². The second kappa shape index (κ2) is 9.03. The molecule has 6 nitrogen and oxygen atoms in total. The number of carbonyl (C=O) groups is 1. The standard InChI is InChI=1S/C25H19ClFN3O3/c26-19-8-11-22(21(27)13-19)30-14-18(12-23(30)31)25-28-24(29-33-25)17-6-9-20(10-7-17)32-15-16-4-2-1-3-5-16/h1-11,13,18H,12,14-15H2. The predicted octanol–water partition coefficient (Wildman–Crippen LogP) is 5.63. The van der Waals surface area contributed by atoms with Gasteiger partial charge in [-0.25, -0.2) is 4.39 Å². The molecule has 1 atom stereocenters. The molecule has 8 heteroatoms. The highest BCUT2D eigenvalue weighted by atomic mass is 35.5. The molecule has 1 aliphatic rings. The van der Waals surface area contributed by atoms with Crippen LogP contribution in [0.2, 0.25) is 5.02 Å². The minimum absolute atomic E-state index is 0.163. The van der Waals surface area contributed by atoms with Gasteiger partial charge in [-0.15, -0.1) is 0 Å². The van der Waals surface area contributed by atoms with E-state index in [1.807, 2.05) is 54.6 Å². The second-order valence-electron chi connectivity index (χ2n) is 7.76. The van der Waals surface area contributed by atoms with Crippen molar-refractivity contribution in [2.24, 2.45) is 0 Å². The lowest BCUT2D eigenvalue weighted by atomic mass is 10.1. The number of anilines is 1. The summed E-state index contributed by atoms with van der Waals surface area (Å²) in [4.78, 5) is 18.4. The first-order chi connectivity index (χ1) is 16.1. The maximum Gasteiger partial charge on any atom is 0.232 e. The zero-order valence-corrected chi connectivity index (χ0v) is 18.2. The van der Waals surface area contributed by atoms with E-state index in [9.17, 15) is 9.18 Å². The van der Waals surface area contributed by atoms with Gasteiger partial charge in [0, 0.05) is 23.6 Å². The fourth-order valence-electron chi connectivity index (χ4n) is 3.77. The van der Waals surface area contributed by atoms with Gasteiger partial charge in [-0.05, 0) is 48.0 Å². The SMILES string of the molecule is O=C1CC(c2nc(-c3ccc(OCc4ccccc4)cc3)no2)CN1c1ccc(Cl)cc1F.